The van der Waals surface area contributed by atoms with E-state index in [2.05, 4.69) is 0 Å². The molecule has 1 fully saturated rings. The predicted octanol–water partition coefficient (Wildman–Crippen LogP) is 1.30. The quantitative estimate of drug-likeness (QED) is 0.854. The Bertz CT molecular complexity index is 614. The van der Waals surface area contributed by atoms with E-state index in [1.54, 1.807) is 17.0 Å². The summed E-state index contributed by atoms with van der Waals surface area (Å²) in [6.07, 6.45) is 2.52. The van der Waals surface area contributed by atoms with Crippen LogP contribution in [0.3, 0.4) is 0 Å². The minimum Gasteiger partial charge on any atom is -0.478 e. The molecule has 2 rings (SSSR count). The average molecular weight is 307 g/mol. The maximum atomic E-state index is 12.4. The lowest BCUT2D eigenvalue weighted by Crippen LogP contribution is -2.41. The number of carbonyl (C=O) groups is 2. The molecule has 112 valence electrons. The van der Waals surface area contributed by atoms with Gasteiger partial charge in [0.25, 0.3) is 5.91 Å². The van der Waals surface area contributed by atoms with Crippen molar-refractivity contribution in [3.8, 4) is 0 Å². The highest BCUT2D eigenvalue weighted by atomic mass is 32.2. The van der Waals surface area contributed by atoms with Gasteiger partial charge in [-0.1, -0.05) is 6.07 Å². The van der Waals surface area contributed by atoms with Gasteiger partial charge in [-0.25, -0.2) is 4.79 Å². The van der Waals surface area contributed by atoms with Gasteiger partial charge in [-0.15, -0.1) is 0 Å². The Morgan fingerprint density at radius 1 is 1.24 bits per heavy atom. The summed E-state index contributed by atoms with van der Waals surface area (Å²) in [6.45, 7) is 2.86. The van der Waals surface area contributed by atoms with Crippen molar-refractivity contribution in [1.29, 1.82) is 0 Å². The van der Waals surface area contributed by atoms with Gasteiger partial charge in [0.05, 0.1) is 0 Å². The van der Waals surface area contributed by atoms with Crippen molar-refractivity contribution in [2.24, 2.45) is 0 Å². The Hall–Kier alpha value is -1.95. The molecule has 0 saturated carbocycles. The number of carboxylic acid groups (broad SMARTS) is 1. The summed E-state index contributed by atoms with van der Waals surface area (Å²) in [4.78, 5) is 24.7. The smallest absolute Gasteiger partial charge is 0.328 e. The molecular formula is C15H17NO4S. The highest BCUT2D eigenvalue weighted by molar-refractivity contribution is 7.85. The second-order valence-corrected chi connectivity index (χ2v) is 6.64. The zero-order chi connectivity index (χ0) is 15.4. The summed E-state index contributed by atoms with van der Waals surface area (Å²) in [5.74, 6) is -0.0876. The van der Waals surface area contributed by atoms with E-state index >= 15 is 0 Å². The monoisotopic (exact) mass is 307 g/mol. The van der Waals surface area contributed by atoms with Crippen molar-refractivity contribution < 1.29 is 18.9 Å². The summed E-state index contributed by atoms with van der Waals surface area (Å²) >= 11 is 0. The van der Waals surface area contributed by atoms with Crippen LogP contribution in [-0.2, 0) is 15.6 Å². The van der Waals surface area contributed by atoms with Crippen molar-refractivity contribution >= 4 is 28.8 Å². The molecule has 1 aromatic carbocycles. The number of hydrogen-bond donors (Lipinski definition) is 1. The Labute approximate surface area is 125 Å². The number of carboxylic acids is 1. The molecule has 0 spiro atoms. The molecule has 5 nitrogen and oxygen atoms in total. The van der Waals surface area contributed by atoms with Crippen LogP contribution in [0.1, 0.15) is 21.5 Å². The van der Waals surface area contributed by atoms with Crippen LogP contribution in [0.25, 0.3) is 6.08 Å². The van der Waals surface area contributed by atoms with E-state index in [1.165, 1.54) is 6.08 Å². The third-order valence-corrected chi connectivity index (χ3v) is 4.51. The van der Waals surface area contributed by atoms with Crippen LogP contribution in [0.2, 0.25) is 0 Å². The molecule has 1 amide bonds. The largest absolute Gasteiger partial charge is 0.478 e. The molecule has 0 aliphatic carbocycles. The first-order valence-corrected chi connectivity index (χ1v) is 8.11. The van der Waals surface area contributed by atoms with Crippen LogP contribution >= 0.6 is 0 Å². The SMILES string of the molecule is Cc1cc(/C=C/C(=O)O)cc(C(=O)N2CCS(=O)CC2)c1. The van der Waals surface area contributed by atoms with Crippen molar-refractivity contribution in [2.45, 2.75) is 6.92 Å². The molecule has 1 aromatic rings. The summed E-state index contributed by atoms with van der Waals surface area (Å²) in [6, 6.07) is 5.29. The standard InChI is InChI=1S/C15H17NO4S/c1-11-8-12(2-3-14(17)18)10-13(9-11)15(19)16-4-6-21(20)7-5-16/h2-3,8-10H,4-7H2,1H3,(H,17,18)/b3-2+. The third-order valence-electron chi connectivity index (χ3n) is 3.23. The van der Waals surface area contributed by atoms with Gasteiger partial charge in [0, 0.05) is 47.0 Å². The van der Waals surface area contributed by atoms with Gasteiger partial charge in [0.15, 0.2) is 0 Å². The van der Waals surface area contributed by atoms with Gasteiger partial charge in [-0.2, -0.15) is 0 Å². The van der Waals surface area contributed by atoms with Gasteiger partial charge in [0.2, 0.25) is 0 Å². The highest BCUT2D eigenvalue weighted by Crippen LogP contribution is 2.15. The number of amides is 1. The van der Waals surface area contributed by atoms with E-state index in [-0.39, 0.29) is 5.91 Å². The second-order valence-electron chi connectivity index (χ2n) is 4.94. The first kappa shape index (κ1) is 15.4. The van der Waals surface area contributed by atoms with Crippen LogP contribution < -0.4 is 0 Å². The Morgan fingerprint density at radius 3 is 2.52 bits per heavy atom. The lowest BCUT2D eigenvalue weighted by molar-refractivity contribution is -0.131. The molecule has 6 heteroatoms. The first-order valence-electron chi connectivity index (χ1n) is 6.62. The molecular weight excluding hydrogens is 290 g/mol. The lowest BCUT2D eigenvalue weighted by atomic mass is 10.0. The molecule has 1 aliphatic rings. The predicted molar refractivity (Wildman–Crippen MR) is 81.6 cm³/mol. The zero-order valence-electron chi connectivity index (χ0n) is 11.7. The van der Waals surface area contributed by atoms with Crippen molar-refractivity contribution in [1.82, 2.24) is 4.90 Å². The molecule has 1 aliphatic heterocycles. The number of rotatable bonds is 3. The van der Waals surface area contributed by atoms with E-state index in [0.29, 0.717) is 35.7 Å². The number of benzene rings is 1. The van der Waals surface area contributed by atoms with Crippen molar-refractivity contribution in [3.63, 3.8) is 0 Å². The Morgan fingerprint density at radius 2 is 1.90 bits per heavy atom. The third kappa shape index (κ3) is 4.26. The van der Waals surface area contributed by atoms with E-state index < -0.39 is 16.8 Å². The van der Waals surface area contributed by atoms with Crippen molar-refractivity contribution in [2.75, 3.05) is 24.6 Å². The lowest BCUT2D eigenvalue weighted by Gasteiger charge is -2.26. The average Bonchev–Trinajstić information content (AvgIpc) is 2.44. The van der Waals surface area contributed by atoms with E-state index in [9.17, 15) is 13.8 Å². The van der Waals surface area contributed by atoms with E-state index in [4.69, 9.17) is 5.11 Å². The number of hydrogen-bond acceptors (Lipinski definition) is 3. The molecule has 1 N–H and O–H groups in total. The summed E-state index contributed by atoms with van der Waals surface area (Å²) in [5, 5.41) is 8.66. The molecule has 0 atom stereocenters. The molecule has 21 heavy (non-hydrogen) atoms. The van der Waals surface area contributed by atoms with Gasteiger partial charge >= 0.3 is 5.97 Å². The summed E-state index contributed by atoms with van der Waals surface area (Å²) in [5.41, 5.74) is 2.11. The molecule has 1 heterocycles. The van der Waals surface area contributed by atoms with E-state index in [1.807, 2.05) is 13.0 Å². The normalized spacial score (nSPS) is 16.3. The fraction of sp³-hybridized carbons (Fsp3) is 0.333. The maximum absolute atomic E-state index is 12.4. The Kier molecular flexibility index (Phi) is 4.90. The fourth-order valence-corrected chi connectivity index (χ4v) is 3.28. The van der Waals surface area contributed by atoms with Crippen LogP contribution in [0.15, 0.2) is 24.3 Å². The molecule has 0 aromatic heterocycles. The van der Waals surface area contributed by atoms with Crippen molar-refractivity contribution in [3.05, 3.63) is 41.0 Å². The van der Waals surface area contributed by atoms with Crippen LogP contribution in [0.5, 0.6) is 0 Å². The minimum absolute atomic E-state index is 0.0969. The number of nitrogens with zero attached hydrogens (tertiary/aromatic N) is 1. The molecule has 0 radical (unpaired) electrons. The molecule has 0 bridgehead atoms. The van der Waals surface area contributed by atoms with E-state index in [0.717, 1.165) is 11.6 Å². The Balaban J connectivity index is 2.20. The number of aliphatic carboxylic acids is 1. The zero-order valence-corrected chi connectivity index (χ0v) is 12.6. The summed E-state index contributed by atoms with van der Waals surface area (Å²) < 4.78 is 11.3. The topological polar surface area (TPSA) is 74.7 Å². The van der Waals surface area contributed by atoms with Crippen LogP contribution in [-0.4, -0.2) is 50.7 Å². The van der Waals surface area contributed by atoms with Gasteiger partial charge < -0.3 is 10.0 Å². The second kappa shape index (κ2) is 6.67. The van der Waals surface area contributed by atoms with Gasteiger partial charge in [-0.3, -0.25) is 9.00 Å². The maximum Gasteiger partial charge on any atom is 0.328 e. The first-order chi connectivity index (χ1) is 9.95. The molecule has 0 unspecified atom stereocenters. The highest BCUT2D eigenvalue weighted by Gasteiger charge is 2.21. The summed E-state index contributed by atoms with van der Waals surface area (Å²) in [7, 11) is -0.821. The van der Waals surface area contributed by atoms with Crippen LogP contribution in [0.4, 0.5) is 0 Å². The van der Waals surface area contributed by atoms with Crippen LogP contribution in [0, 0.1) is 6.92 Å². The molecule has 1 saturated heterocycles. The van der Waals surface area contributed by atoms with Gasteiger partial charge in [-0.05, 0) is 36.3 Å². The fourth-order valence-electron chi connectivity index (χ4n) is 2.22. The number of carbonyl (C=O) groups excluding carboxylic acids is 1. The minimum atomic E-state index is -1.03. The van der Waals surface area contributed by atoms with Gasteiger partial charge in [0.1, 0.15) is 0 Å². The number of aryl methyl sites for hydroxylation is 1.